The molecule has 0 fully saturated rings. The highest BCUT2D eigenvalue weighted by molar-refractivity contribution is 7.92. The standard InChI is InChI=1S/C24H29N3O6S/c1-5-31-19-8-6-7-9-20(19)33-21-22(25-16-26-23(21)32-15-14-28)27-34(29,30)18-12-10-17(11-13-18)24(2,3)4/h6-13,16,28H,5,14-15H2,1-4H3,(H,25,26,27). The van der Waals surface area contributed by atoms with Crippen LogP contribution in [-0.4, -0.2) is 43.3 Å². The molecule has 0 spiro atoms. The number of benzene rings is 2. The molecule has 9 nitrogen and oxygen atoms in total. The molecule has 0 saturated heterocycles. The highest BCUT2D eigenvalue weighted by Gasteiger charge is 2.24. The molecule has 0 saturated carbocycles. The Morgan fingerprint density at radius 2 is 1.65 bits per heavy atom. The van der Waals surface area contributed by atoms with E-state index in [1.807, 2.05) is 27.7 Å². The number of nitrogens with one attached hydrogen (secondary N) is 1. The number of anilines is 1. The first-order valence-electron chi connectivity index (χ1n) is 10.8. The van der Waals surface area contributed by atoms with E-state index in [2.05, 4.69) is 14.7 Å². The third-order valence-corrected chi connectivity index (χ3v) is 6.08. The molecule has 0 aliphatic carbocycles. The van der Waals surface area contributed by atoms with Crippen molar-refractivity contribution in [1.82, 2.24) is 9.97 Å². The largest absolute Gasteiger partial charge is 0.490 e. The number of rotatable bonds is 10. The fraction of sp³-hybridized carbons (Fsp3) is 0.333. The maximum Gasteiger partial charge on any atom is 0.263 e. The Morgan fingerprint density at radius 1 is 0.971 bits per heavy atom. The number of hydrogen-bond donors (Lipinski definition) is 2. The van der Waals surface area contributed by atoms with Gasteiger partial charge in [-0.1, -0.05) is 45.0 Å². The maximum atomic E-state index is 13.1. The van der Waals surface area contributed by atoms with Crippen molar-refractivity contribution in [2.45, 2.75) is 38.0 Å². The quantitative estimate of drug-likeness (QED) is 0.438. The molecule has 182 valence electrons. The summed E-state index contributed by atoms with van der Waals surface area (Å²) in [5, 5.41) is 9.17. The Bertz CT molecular complexity index is 1210. The van der Waals surface area contributed by atoms with E-state index in [0.717, 1.165) is 11.9 Å². The van der Waals surface area contributed by atoms with Crippen LogP contribution in [0, 0.1) is 0 Å². The summed E-state index contributed by atoms with van der Waals surface area (Å²) in [6.07, 6.45) is 1.15. The van der Waals surface area contributed by atoms with Crippen molar-refractivity contribution in [2.75, 3.05) is 24.5 Å². The first kappa shape index (κ1) is 25.3. The number of aliphatic hydroxyl groups is 1. The average Bonchev–Trinajstić information content (AvgIpc) is 2.80. The van der Waals surface area contributed by atoms with E-state index < -0.39 is 10.0 Å². The van der Waals surface area contributed by atoms with Crippen LogP contribution in [0.5, 0.6) is 23.1 Å². The van der Waals surface area contributed by atoms with Crippen molar-refractivity contribution in [3.63, 3.8) is 0 Å². The summed E-state index contributed by atoms with van der Waals surface area (Å²) in [5.41, 5.74) is 0.890. The summed E-state index contributed by atoms with van der Waals surface area (Å²) in [6, 6.07) is 13.6. The van der Waals surface area contributed by atoms with E-state index in [0.29, 0.717) is 18.1 Å². The van der Waals surface area contributed by atoms with E-state index in [-0.39, 0.29) is 41.0 Å². The monoisotopic (exact) mass is 487 g/mol. The normalized spacial score (nSPS) is 11.7. The van der Waals surface area contributed by atoms with Gasteiger partial charge >= 0.3 is 0 Å². The molecule has 0 radical (unpaired) electrons. The first-order chi connectivity index (χ1) is 16.2. The number of aromatic nitrogens is 2. The van der Waals surface area contributed by atoms with Gasteiger partial charge in [-0.2, -0.15) is 4.98 Å². The molecule has 3 rings (SSSR count). The molecule has 0 aliphatic rings. The molecule has 0 unspecified atom stereocenters. The number of hydrogen-bond acceptors (Lipinski definition) is 8. The van der Waals surface area contributed by atoms with E-state index in [4.69, 9.17) is 19.3 Å². The van der Waals surface area contributed by atoms with Crippen LogP contribution < -0.4 is 18.9 Å². The lowest BCUT2D eigenvalue weighted by Gasteiger charge is -2.19. The number of ether oxygens (including phenoxy) is 3. The van der Waals surface area contributed by atoms with Gasteiger partial charge < -0.3 is 19.3 Å². The molecule has 34 heavy (non-hydrogen) atoms. The predicted octanol–water partition coefficient (Wildman–Crippen LogP) is 4.14. The number of nitrogens with zero attached hydrogens (tertiary/aromatic N) is 2. The molecule has 10 heteroatoms. The molecule has 2 N–H and O–H groups in total. The minimum atomic E-state index is -4.00. The second-order valence-corrected chi connectivity index (χ2v) is 9.97. The molecule has 0 atom stereocenters. The molecule has 2 aromatic carbocycles. The SMILES string of the molecule is CCOc1ccccc1Oc1c(NS(=O)(=O)c2ccc(C(C)(C)C)cc2)ncnc1OCCO. The van der Waals surface area contributed by atoms with Crippen molar-refractivity contribution in [2.24, 2.45) is 0 Å². The summed E-state index contributed by atoms with van der Waals surface area (Å²) in [6.45, 7) is 8.06. The highest BCUT2D eigenvalue weighted by Crippen LogP contribution is 2.40. The molecule has 0 bridgehead atoms. The lowest BCUT2D eigenvalue weighted by atomic mass is 9.87. The number of sulfonamides is 1. The van der Waals surface area contributed by atoms with Crippen molar-refractivity contribution >= 4 is 15.8 Å². The topological polar surface area (TPSA) is 120 Å². The Morgan fingerprint density at radius 3 is 2.26 bits per heavy atom. The highest BCUT2D eigenvalue weighted by atomic mass is 32.2. The van der Waals surface area contributed by atoms with E-state index in [9.17, 15) is 8.42 Å². The van der Waals surface area contributed by atoms with Gasteiger partial charge in [0.05, 0.1) is 18.1 Å². The van der Waals surface area contributed by atoms with Gasteiger partial charge in [-0.05, 0) is 42.2 Å². The van der Waals surface area contributed by atoms with Crippen LogP contribution in [0.25, 0.3) is 0 Å². The Balaban J connectivity index is 1.99. The van der Waals surface area contributed by atoms with Crippen LogP contribution in [0.4, 0.5) is 5.82 Å². The first-order valence-corrected chi connectivity index (χ1v) is 12.3. The summed E-state index contributed by atoms with van der Waals surface area (Å²) in [4.78, 5) is 8.19. The molecule has 0 aliphatic heterocycles. The van der Waals surface area contributed by atoms with Gasteiger partial charge in [-0.25, -0.2) is 13.4 Å². The average molecular weight is 488 g/mol. The smallest absolute Gasteiger partial charge is 0.263 e. The fourth-order valence-corrected chi connectivity index (χ4v) is 4.02. The van der Waals surface area contributed by atoms with Crippen molar-refractivity contribution in [1.29, 1.82) is 0 Å². The lowest BCUT2D eigenvalue weighted by Crippen LogP contribution is -2.16. The molecular weight excluding hydrogens is 458 g/mol. The Kier molecular flexibility index (Phi) is 7.95. The number of para-hydroxylation sites is 2. The molecule has 1 heterocycles. The van der Waals surface area contributed by atoms with Gasteiger partial charge in [0.2, 0.25) is 5.75 Å². The summed E-state index contributed by atoms with van der Waals surface area (Å²) in [7, 11) is -4.00. The van der Waals surface area contributed by atoms with Gasteiger partial charge in [0, 0.05) is 0 Å². The molecule has 3 aromatic rings. The van der Waals surface area contributed by atoms with Crippen LogP contribution in [0.1, 0.15) is 33.3 Å². The van der Waals surface area contributed by atoms with Gasteiger partial charge in [0.25, 0.3) is 15.9 Å². The van der Waals surface area contributed by atoms with Gasteiger partial charge in [0.1, 0.15) is 12.9 Å². The molecular formula is C24H29N3O6S. The molecule has 0 amide bonds. The minimum absolute atomic E-state index is 0.0314. The summed E-state index contributed by atoms with van der Waals surface area (Å²) < 4.78 is 45.8. The summed E-state index contributed by atoms with van der Waals surface area (Å²) >= 11 is 0. The third kappa shape index (κ3) is 6.15. The zero-order valence-corrected chi connectivity index (χ0v) is 20.4. The van der Waals surface area contributed by atoms with Crippen LogP contribution in [-0.2, 0) is 15.4 Å². The van der Waals surface area contributed by atoms with E-state index in [1.54, 1.807) is 36.4 Å². The second-order valence-electron chi connectivity index (χ2n) is 8.29. The Labute approximate surface area is 199 Å². The van der Waals surface area contributed by atoms with Crippen LogP contribution in [0.15, 0.2) is 59.8 Å². The van der Waals surface area contributed by atoms with Crippen molar-refractivity contribution < 1.29 is 27.7 Å². The van der Waals surface area contributed by atoms with E-state index in [1.165, 1.54) is 12.1 Å². The summed E-state index contributed by atoms with van der Waals surface area (Å²) in [5.74, 6) is 0.569. The number of aliphatic hydroxyl groups excluding tert-OH is 1. The van der Waals surface area contributed by atoms with Crippen molar-refractivity contribution in [3.8, 4) is 23.1 Å². The van der Waals surface area contributed by atoms with Gasteiger partial charge in [0.15, 0.2) is 17.3 Å². The zero-order valence-electron chi connectivity index (χ0n) is 19.6. The lowest BCUT2D eigenvalue weighted by molar-refractivity contribution is 0.192. The Hall–Kier alpha value is -3.37. The maximum absolute atomic E-state index is 13.1. The van der Waals surface area contributed by atoms with Crippen LogP contribution in [0.2, 0.25) is 0 Å². The van der Waals surface area contributed by atoms with Crippen LogP contribution in [0.3, 0.4) is 0 Å². The van der Waals surface area contributed by atoms with Gasteiger partial charge in [-0.15, -0.1) is 0 Å². The van der Waals surface area contributed by atoms with Crippen molar-refractivity contribution in [3.05, 3.63) is 60.4 Å². The predicted molar refractivity (Wildman–Crippen MR) is 128 cm³/mol. The third-order valence-electron chi connectivity index (χ3n) is 4.72. The molecule has 1 aromatic heterocycles. The second kappa shape index (κ2) is 10.7. The van der Waals surface area contributed by atoms with E-state index >= 15 is 0 Å². The van der Waals surface area contributed by atoms with Crippen LogP contribution >= 0.6 is 0 Å². The minimum Gasteiger partial charge on any atom is -0.490 e. The van der Waals surface area contributed by atoms with Gasteiger partial charge in [-0.3, -0.25) is 4.72 Å². The fourth-order valence-electron chi connectivity index (χ4n) is 3.01. The zero-order chi connectivity index (χ0) is 24.8.